The van der Waals surface area contributed by atoms with E-state index < -0.39 is 0 Å². The maximum absolute atomic E-state index is 8.81. The fraction of sp³-hybridized carbons (Fsp3) is 0.565. The summed E-state index contributed by atoms with van der Waals surface area (Å²) in [5, 5.41) is 8.81. The lowest BCUT2D eigenvalue weighted by Gasteiger charge is -2.32. The second-order valence-corrected chi connectivity index (χ2v) is 11.9. The lowest BCUT2D eigenvalue weighted by atomic mass is 9.72. The minimum atomic E-state index is -0.139. The van der Waals surface area contributed by atoms with Crippen LogP contribution in [0.15, 0.2) is 58.7 Å². The molecule has 0 aromatic carbocycles. The van der Waals surface area contributed by atoms with Crippen LogP contribution in [0.3, 0.4) is 0 Å². The van der Waals surface area contributed by atoms with Gasteiger partial charge in [-0.3, -0.25) is 0 Å². The first-order valence-corrected chi connectivity index (χ1v) is 13.1. The molecular formula is C23H40OSi. The fourth-order valence-electron chi connectivity index (χ4n) is 2.84. The molecule has 142 valence electrons. The Kier molecular flexibility index (Phi) is 11.7. The molecule has 0 bridgehead atoms. The molecule has 0 heterocycles. The van der Waals surface area contributed by atoms with Crippen LogP contribution < -0.4 is 0 Å². The van der Waals surface area contributed by atoms with E-state index in [4.69, 9.17) is 5.11 Å². The summed E-state index contributed by atoms with van der Waals surface area (Å²) in [4.78, 5) is 0. The topological polar surface area (TPSA) is 20.2 Å². The summed E-state index contributed by atoms with van der Waals surface area (Å²) in [7, 11) is -0.139. The summed E-state index contributed by atoms with van der Waals surface area (Å²) < 4.78 is 0. The summed E-state index contributed by atoms with van der Waals surface area (Å²) in [6, 6.07) is 0. The molecule has 0 fully saturated rings. The van der Waals surface area contributed by atoms with Gasteiger partial charge in [0, 0.05) is 8.80 Å². The largest absolute Gasteiger partial charge is 0.392 e. The average molecular weight is 361 g/mol. The Bertz CT molecular complexity index is 540. The van der Waals surface area contributed by atoms with Crippen molar-refractivity contribution in [3.05, 3.63) is 58.7 Å². The number of aliphatic hydroxyl groups is 1. The van der Waals surface area contributed by atoms with Crippen molar-refractivity contribution in [1.82, 2.24) is 0 Å². The van der Waals surface area contributed by atoms with Crippen LogP contribution in [-0.4, -0.2) is 20.5 Å². The summed E-state index contributed by atoms with van der Waals surface area (Å²) >= 11 is 0. The summed E-state index contributed by atoms with van der Waals surface area (Å²) in [6.07, 6.45) is 16.3. The van der Waals surface area contributed by atoms with E-state index in [0.29, 0.717) is 5.41 Å². The van der Waals surface area contributed by atoms with E-state index >= 15 is 0 Å². The Morgan fingerprint density at radius 2 is 1.72 bits per heavy atom. The Morgan fingerprint density at radius 3 is 2.24 bits per heavy atom. The van der Waals surface area contributed by atoms with Gasteiger partial charge in [-0.15, -0.1) is 0 Å². The predicted octanol–water partition coefficient (Wildman–Crippen LogP) is 6.61. The third-order valence-corrected chi connectivity index (χ3v) is 4.19. The monoisotopic (exact) mass is 360 g/mol. The van der Waals surface area contributed by atoms with Crippen LogP contribution in [0, 0.1) is 5.41 Å². The zero-order chi connectivity index (χ0) is 19.5. The van der Waals surface area contributed by atoms with Crippen LogP contribution in [0.4, 0.5) is 0 Å². The molecule has 1 aliphatic rings. The quantitative estimate of drug-likeness (QED) is 0.432. The van der Waals surface area contributed by atoms with Gasteiger partial charge in [-0.25, -0.2) is 0 Å². The van der Waals surface area contributed by atoms with Gasteiger partial charge in [0.15, 0.2) is 0 Å². The molecule has 0 spiro atoms. The normalized spacial score (nSPS) is 19.0. The van der Waals surface area contributed by atoms with E-state index in [1.54, 1.807) is 6.08 Å². The maximum Gasteiger partial charge on any atom is 0.0617 e. The van der Waals surface area contributed by atoms with Crippen LogP contribution in [0.2, 0.25) is 19.6 Å². The van der Waals surface area contributed by atoms with Gasteiger partial charge in [0.1, 0.15) is 0 Å². The van der Waals surface area contributed by atoms with Gasteiger partial charge in [0.25, 0.3) is 0 Å². The van der Waals surface area contributed by atoms with Gasteiger partial charge >= 0.3 is 0 Å². The van der Waals surface area contributed by atoms with Crippen molar-refractivity contribution in [3.63, 3.8) is 0 Å². The Morgan fingerprint density at radius 1 is 1.12 bits per heavy atom. The third-order valence-electron chi connectivity index (χ3n) is 4.19. The van der Waals surface area contributed by atoms with Crippen LogP contribution in [-0.2, 0) is 0 Å². The van der Waals surface area contributed by atoms with Crippen molar-refractivity contribution < 1.29 is 5.11 Å². The van der Waals surface area contributed by atoms with E-state index in [1.807, 2.05) is 19.1 Å². The minimum absolute atomic E-state index is 0.0985. The van der Waals surface area contributed by atoms with Gasteiger partial charge < -0.3 is 5.11 Å². The molecule has 1 nitrogen and oxygen atoms in total. The highest BCUT2D eigenvalue weighted by molar-refractivity contribution is 6.54. The molecule has 0 saturated heterocycles. The van der Waals surface area contributed by atoms with Gasteiger partial charge in [0.2, 0.25) is 0 Å². The molecule has 1 rings (SSSR count). The number of hydrogen-bond acceptors (Lipinski definition) is 1. The van der Waals surface area contributed by atoms with Gasteiger partial charge in [0.05, 0.1) is 6.61 Å². The zero-order valence-electron chi connectivity index (χ0n) is 17.8. The molecule has 0 unspecified atom stereocenters. The fourth-order valence-corrected chi connectivity index (χ4v) is 2.84. The van der Waals surface area contributed by atoms with Gasteiger partial charge in [-0.05, 0) is 51.0 Å². The highest BCUT2D eigenvalue weighted by Crippen LogP contribution is 2.40. The van der Waals surface area contributed by atoms with E-state index in [2.05, 4.69) is 65.6 Å². The first-order chi connectivity index (χ1) is 11.6. The molecule has 2 heteroatoms. The average Bonchev–Trinajstić information content (AvgIpc) is 2.45. The Balaban J connectivity index is 0.00000129. The molecule has 0 aliphatic heterocycles. The van der Waals surface area contributed by atoms with Crippen LogP contribution >= 0.6 is 0 Å². The van der Waals surface area contributed by atoms with Crippen molar-refractivity contribution in [2.45, 2.75) is 73.5 Å². The SMILES string of the molecule is CC1=C(/C=C/C(C)=C/C=C/C(C)=C/CO)C(C)(C)CCC1.C[SiH](C)C. The van der Waals surface area contributed by atoms with Gasteiger partial charge in [-0.2, -0.15) is 0 Å². The molecule has 25 heavy (non-hydrogen) atoms. The molecule has 0 aromatic rings. The molecule has 0 saturated carbocycles. The molecule has 0 atom stereocenters. The van der Waals surface area contributed by atoms with Crippen molar-refractivity contribution in [1.29, 1.82) is 0 Å². The van der Waals surface area contributed by atoms with Crippen LogP contribution in [0.1, 0.15) is 53.9 Å². The molecular weight excluding hydrogens is 320 g/mol. The Labute approximate surface area is 158 Å². The zero-order valence-corrected chi connectivity index (χ0v) is 19.0. The minimum Gasteiger partial charge on any atom is -0.392 e. The van der Waals surface area contributed by atoms with Crippen molar-refractivity contribution in [2.24, 2.45) is 5.41 Å². The molecule has 1 N–H and O–H groups in total. The highest BCUT2D eigenvalue weighted by atomic mass is 28.3. The van der Waals surface area contributed by atoms with E-state index in [9.17, 15) is 0 Å². The summed E-state index contributed by atoms with van der Waals surface area (Å²) in [5.74, 6) is 0. The highest BCUT2D eigenvalue weighted by Gasteiger charge is 2.26. The lowest BCUT2D eigenvalue weighted by molar-refractivity contribution is 0.342. The van der Waals surface area contributed by atoms with E-state index in [1.165, 1.54) is 36.0 Å². The van der Waals surface area contributed by atoms with Crippen molar-refractivity contribution >= 4 is 8.80 Å². The van der Waals surface area contributed by atoms with E-state index in [-0.39, 0.29) is 15.4 Å². The van der Waals surface area contributed by atoms with Gasteiger partial charge in [-0.1, -0.05) is 86.7 Å². The molecule has 0 aromatic heterocycles. The second-order valence-electron chi connectivity index (χ2n) is 8.40. The van der Waals surface area contributed by atoms with E-state index in [0.717, 1.165) is 5.57 Å². The van der Waals surface area contributed by atoms with Crippen LogP contribution in [0.25, 0.3) is 0 Å². The second kappa shape index (κ2) is 12.3. The number of rotatable bonds is 5. The molecule has 0 amide bonds. The Hall–Kier alpha value is -1.12. The smallest absolute Gasteiger partial charge is 0.0617 e. The standard InChI is InChI=1S/C20H30O.C3H10Si/c1-16(8-6-9-17(2)13-15-21)11-12-19-18(3)10-7-14-20(19,4)5;1-4(2)3/h6,8-9,11-13,21H,7,10,14-15H2,1-5H3;4H,1-3H3/b9-6+,12-11+,16-8+,17-13+;. The number of allylic oxidation sites excluding steroid dienone is 9. The van der Waals surface area contributed by atoms with Crippen LogP contribution in [0.5, 0.6) is 0 Å². The lowest BCUT2D eigenvalue weighted by Crippen LogP contribution is -2.19. The third kappa shape index (κ3) is 11.2. The molecule has 0 radical (unpaired) electrons. The van der Waals surface area contributed by atoms with Crippen molar-refractivity contribution in [2.75, 3.05) is 6.61 Å². The summed E-state index contributed by atoms with van der Waals surface area (Å²) in [5.41, 5.74) is 5.66. The van der Waals surface area contributed by atoms with Crippen molar-refractivity contribution in [3.8, 4) is 0 Å². The molecule has 1 aliphatic carbocycles. The predicted molar refractivity (Wildman–Crippen MR) is 118 cm³/mol. The number of hydrogen-bond donors (Lipinski definition) is 1. The summed E-state index contributed by atoms with van der Waals surface area (Å²) in [6.45, 7) is 18.1. The maximum atomic E-state index is 8.81. The first-order valence-electron chi connectivity index (χ1n) is 9.61. The number of aliphatic hydroxyl groups excluding tert-OH is 1. The first kappa shape index (κ1) is 23.9.